The first-order chi connectivity index (χ1) is 10.2. The molecule has 0 saturated heterocycles. The summed E-state index contributed by atoms with van der Waals surface area (Å²) in [6, 6.07) is 5.45. The predicted octanol–water partition coefficient (Wildman–Crippen LogP) is 2.74. The van der Waals surface area contributed by atoms with Crippen molar-refractivity contribution < 1.29 is 24.1 Å². The minimum absolute atomic E-state index is 0.396. The fourth-order valence-electron chi connectivity index (χ4n) is 1.73. The highest BCUT2D eigenvalue weighted by Gasteiger charge is 2.04. The van der Waals surface area contributed by atoms with Gasteiger partial charge in [0.25, 0.3) is 0 Å². The van der Waals surface area contributed by atoms with Crippen molar-refractivity contribution in [2.75, 3.05) is 26.9 Å². The van der Waals surface area contributed by atoms with Gasteiger partial charge in [0.2, 0.25) is 0 Å². The molecule has 0 radical (unpaired) electrons. The maximum Gasteiger partial charge on any atom is 0.328 e. The van der Waals surface area contributed by atoms with E-state index in [4.69, 9.17) is 19.3 Å². The van der Waals surface area contributed by atoms with Crippen LogP contribution in [0.15, 0.2) is 24.3 Å². The number of carboxylic acid groups (broad SMARTS) is 1. The lowest BCUT2D eigenvalue weighted by atomic mass is 10.1. The Morgan fingerprint density at radius 3 is 2.67 bits per heavy atom. The number of ether oxygens (including phenoxy) is 3. The van der Waals surface area contributed by atoms with Crippen molar-refractivity contribution in [1.82, 2.24) is 0 Å². The number of hydrogen-bond donors (Lipinski definition) is 1. The van der Waals surface area contributed by atoms with E-state index in [1.165, 1.54) is 6.08 Å². The molecule has 0 amide bonds. The first kappa shape index (κ1) is 17.2. The maximum absolute atomic E-state index is 10.5. The summed E-state index contributed by atoms with van der Waals surface area (Å²) >= 11 is 0. The second kappa shape index (κ2) is 9.96. The van der Waals surface area contributed by atoms with Crippen LogP contribution in [0.2, 0.25) is 0 Å². The summed E-state index contributed by atoms with van der Waals surface area (Å²) in [5.41, 5.74) is 1.67. The Labute approximate surface area is 125 Å². The van der Waals surface area contributed by atoms with Crippen molar-refractivity contribution in [2.24, 2.45) is 0 Å². The molecule has 0 spiro atoms. The average molecular weight is 294 g/mol. The molecular formula is C16H22O5. The molecule has 0 aliphatic heterocycles. The van der Waals surface area contributed by atoms with Crippen LogP contribution in [-0.4, -0.2) is 38.0 Å². The standard InChI is InChI=1S/C16H22O5/c1-3-8-20-9-10-21-12-14-11-13(5-7-16(17)18)4-6-15(14)19-2/h4-7,11H,3,8-10,12H2,1-2H3,(H,17,18). The molecule has 0 aromatic heterocycles. The molecule has 0 bridgehead atoms. The predicted molar refractivity (Wildman–Crippen MR) is 80.4 cm³/mol. The average Bonchev–Trinajstić information content (AvgIpc) is 2.48. The summed E-state index contributed by atoms with van der Waals surface area (Å²) < 4.78 is 16.1. The molecule has 5 heteroatoms. The second-order valence-electron chi connectivity index (χ2n) is 4.41. The molecule has 0 saturated carbocycles. The highest BCUT2D eigenvalue weighted by molar-refractivity contribution is 5.85. The molecule has 1 rings (SSSR count). The van der Waals surface area contributed by atoms with Gasteiger partial charge in [0.1, 0.15) is 5.75 Å². The quantitative estimate of drug-likeness (QED) is 0.531. The van der Waals surface area contributed by atoms with E-state index in [9.17, 15) is 4.79 Å². The summed E-state index contributed by atoms with van der Waals surface area (Å²) in [6.45, 7) is 4.27. The van der Waals surface area contributed by atoms with Crippen LogP contribution in [-0.2, 0) is 20.9 Å². The number of aliphatic carboxylic acids is 1. The fraction of sp³-hybridized carbons (Fsp3) is 0.438. The van der Waals surface area contributed by atoms with Crippen LogP contribution in [0.4, 0.5) is 0 Å². The summed E-state index contributed by atoms with van der Waals surface area (Å²) in [5.74, 6) is -0.256. The van der Waals surface area contributed by atoms with Crippen LogP contribution in [0.3, 0.4) is 0 Å². The van der Waals surface area contributed by atoms with Gasteiger partial charge in [-0.2, -0.15) is 0 Å². The summed E-state index contributed by atoms with van der Waals surface area (Å²) in [7, 11) is 1.59. The van der Waals surface area contributed by atoms with E-state index in [0.717, 1.165) is 36.0 Å². The molecule has 0 unspecified atom stereocenters. The molecule has 5 nitrogen and oxygen atoms in total. The third-order valence-electron chi connectivity index (χ3n) is 2.70. The Hall–Kier alpha value is -1.85. The van der Waals surface area contributed by atoms with Crippen LogP contribution in [0.25, 0.3) is 6.08 Å². The number of carbonyl (C=O) groups is 1. The van der Waals surface area contributed by atoms with E-state index in [0.29, 0.717) is 19.8 Å². The molecule has 1 N–H and O–H groups in total. The van der Waals surface area contributed by atoms with E-state index in [1.54, 1.807) is 19.2 Å². The van der Waals surface area contributed by atoms with Gasteiger partial charge in [0.05, 0.1) is 26.9 Å². The Bertz CT molecular complexity index is 468. The van der Waals surface area contributed by atoms with Gasteiger partial charge in [-0.3, -0.25) is 0 Å². The van der Waals surface area contributed by atoms with Gasteiger partial charge in [0, 0.05) is 18.2 Å². The third-order valence-corrected chi connectivity index (χ3v) is 2.70. The monoisotopic (exact) mass is 294 g/mol. The third kappa shape index (κ3) is 6.92. The maximum atomic E-state index is 10.5. The van der Waals surface area contributed by atoms with Gasteiger partial charge in [-0.1, -0.05) is 13.0 Å². The molecular weight excluding hydrogens is 272 g/mol. The lowest BCUT2D eigenvalue weighted by Crippen LogP contribution is -2.05. The molecule has 21 heavy (non-hydrogen) atoms. The van der Waals surface area contributed by atoms with Gasteiger partial charge in [-0.15, -0.1) is 0 Å². The minimum Gasteiger partial charge on any atom is -0.496 e. The van der Waals surface area contributed by atoms with Crippen molar-refractivity contribution in [3.8, 4) is 5.75 Å². The molecule has 1 aromatic carbocycles. The second-order valence-corrected chi connectivity index (χ2v) is 4.41. The number of carboxylic acids is 1. The van der Waals surface area contributed by atoms with Gasteiger partial charge in [-0.05, 0) is 30.2 Å². The van der Waals surface area contributed by atoms with Gasteiger partial charge in [0.15, 0.2) is 0 Å². The zero-order chi connectivity index (χ0) is 15.5. The van der Waals surface area contributed by atoms with E-state index in [1.807, 2.05) is 6.07 Å². The van der Waals surface area contributed by atoms with Gasteiger partial charge in [-0.25, -0.2) is 4.79 Å². The van der Waals surface area contributed by atoms with E-state index in [-0.39, 0.29) is 0 Å². The van der Waals surface area contributed by atoms with Crippen molar-refractivity contribution in [2.45, 2.75) is 20.0 Å². The zero-order valence-corrected chi connectivity index (χ0v) is 12.5. The number of hydrogen-bond acceptors (Lipinski definition) is 4. The van der Waals surface area contributed by atoms with Crippen LogP contribution < -0.4 is 4.74 Å². The molecule has 1 aromatic rings. The van der Waals surface area contributed by atoms with Crippen LogP contribution >= 0.6 is 0 Å². The van der Waals surface area contributed by atoms with Crippen molar-refractivity contribution in [1.29, 1.82) is 0 Å². The normalized spacial score (nSPS) is 11.0. The Morgan fingerprint density at radius 1 is 1.24 bits per heavy atom. The van der Waals surface area contributed by atoms with Crippen molar-refractivity contribution >= 4 is 12.0 Å². The Balaban J connectivity index is 2.57. The summed E-state index contributed by atoms with van der Waals surface area (Å²) in [5, 5.41) is 8.64. The van der Waals surface area contributed by atoms with E-state index >= 15 is 0 Å². The smallest absolute Gasteiger partial charge is 0.328 e. The molecule has 0 atom stereocenters. The van der Waals surface area contributed by atoms with E-state index in [2.05, 4.69) is 6.92 Å². The first-order valence-corrected chi connectivity index (χ1v) is 6.90. The van der Waals surface area contributed by atoms with Crippen molar-refractivity contribution in [3.05, 3.63) is 35.4 Å². The highest BCUT2D eigenvalue weighted by Crippen LogP contribution is 2.21. The molecule has 0 heterocycles. The molecule has 116 valence electrons. The Morgan fingerprint density at radius 2 is 2.00 bits per heavy atom. The molecule has 0 aliphatic rings. The largest absolute Gasteiger partial charge is 0.496 e. The first-order valence-electron chi connectivity index (χ1n) is 6.90. The van der Waals surface area contributed by atoms with Crippen LogP contribution in [0.1, 0.15) is 24.5 Å². The summed E-state index contributed by atoms with van der Waals surface area (Å²) in [6.07, 6.45) is 3.63. The fourth-order valence-corrected chi connectivity index (χ4v) is 1.73. The molecule has 0 aliphatic carbocycles. The number of rotatable bonds is 10. The number of methoxy groups -OCH3 is 1. The van der Waals surface area contributed by atoms with Crippen LogP contribution in [0, 0.1) is 0 Å². The summed E-state index contributed by atoms with van der Waals surface area (Å²) in [4.78, 5) is 10.5. The minimum atomic E-state index is -0.975. The lowest BCUT2D eigenvalue weighted by Gasteiger charge is -2.10. The van der Waals surface area contributed by atoms with Gasteiger partial charge >= 0.3 is 5.97 Å². The molecule has 0 fully saturated rings. The number of benzene rings is 1. The van der Waals surface area contributed by atoms with Crippen molar-refractivity contribution in [3.63, 3.8) is 0 Å². The van der Waals surface area contributed by atoms with Gasteiger partial charge < -0.3 is 19.3 Å². The van der Waals surface area contributed by atoms with Crippen LogP contribution in [0.5, 0.6) is 5.75 Å². The zero-order valence-electron chi connectivity index (χ0n) is 12.5. The topological polar surface area (TPSA) is 65.0 Å². The van der Waals surface area contributed by atoms with E-state index < -0.39 is 5.97 Å². The lowest BCUT2D eigenvalue weighted by molar-refractivity contribution is -0.131. The Kier molecular flexibility index (Phi) is 8.16. The SMILES string of the molecule is CCCOCCOCc1cc(C=CC(=O)O)ccc1OC. The highest BCUT2D eigenvalue weighted by atomic mass is 16.5.